The van der Waals surface area contributed by atoms with Crippen LogP contribution in [0.15, 0.2) is 18.6 Å². The fraction of sp³-hybridized carbons (Fsp3) is 0.529. The number of rotatable bonds is 3. The van der Waals surface area contributed by atoms with Crippen LogP contribution >= 0.6 is 0 Å². The van der Waals surface area contributed by atoms with Crippen molar-refractivity contribution in [3.63, 3.8) is 0 Å². The van der Waals surface area contributed by atoms with E-state index in [1.165, 1.54) is 0 Å². The number of likely N-dealkylation sites (tertiary alicyclic amines) is 1. The van der Waals surface area contributed by atoms with Gasteiger partial charge in [-0.2, -0.15) is 5.26 Å². The third kappa shape index (κ3) is 2.91. The number of carbonyl (C=O) groups excluding carboxylic acids is 1. The van der Waals surface area contributed by atoms with Crippen LogP contribution in [0.5, 0.6) is 0 Å². The first-order valence-corrected chi connectivity index (χ1v) is 8.04. The molecule has 0 radical (unpaired) electrons. The highest BCUT2D eigenvalue weighted by atomic mass is 16.2. The van der Waals surface area contributed by atoms with Gasteiger partial charge in [0.1, 0.15) is 18.4 Å². The highest BCUT2D eigenvalue weighted by molar-refractivity contribution is 5.79. The van der Waals surface area contributed by atoms with E-state index < -0.39 is 0 Å². The Morgan fingerprint density at radius 2 is 2.39 bits per heavy atom. The highest BCUT2D eigenvalue weighted by Crippen LogP contribution is 2.36. The molecule has 2 aromatic heterocycles. The first-order valence-electron chi connectivity index (χ1n) is 8.04. The second-order valence-electron chi connectivity index (χ2n) is 6.39. The van der Waals surface area contributed by atoms with Gasteiger partial charge in [0.05, 0.1) is 11.8 Å². The fourth-order valence-electron chi connectivity index (χ4n) is 3.61. The van der Waals surface area contributed by atoms with Crippen molar-refractivity contribution in [3.8, 4) is 6.07 Å². The van der Waals surface area contributed by atoms with Crippen molar-refractivity contribution < 1.29 is 4.79 Å². The summed E-state index contributed by atoms with van der Waals surface area (Å²) in [5, 5.41) is 9.80. The first-order chi connectivity index (χ1) is 11.1. The maximum Gasteiger partial charge on any atom is 0.236 e. The molecule has 3 atom stereocenters. The number of aromatic nitrogens is 3. The SMILES string of the molecule is CC1CCN(C(=O)CC#N)CC1C(C)c1ncnc2[nH]ccc12. The third-order valence-electron chi connectivity index (χ3n) is 5.06. The van der Waals surface area contributed by atoms with Gasteiger partial charge in [-0.3, -0.25) is 4.79 Å². The van der Waals surface area contributed by atoms with Crippen LogP contribution in [-0.2, 0) is 4.79 Å². The van der Waals surface area contributed by atoms with Crippen LogP contribution < -0.4 is 0 Å². The lowest BCUT2D eigenvalue weighted by Crippen LogP contribution is -2.44. The monoisotopic (exact) mass is 311 g/mol. The van der Waals surface area contributed by atoms with Crippen molar-refractivity contribution >= 4 is 16.9 Å². The molecule has 1 aliphatic heterocycles. The van der Waals surface area contributed by atoms with E-state index >= 15 is 0 Å². The molecule has 2 aromatic rings. The van der Waals surface area contributed by atoms with Crippen molar-refractivity contribution in [3.05, 3.63) is 24.3 Å². The van der Waals surface area contributed by atoms with Gasteiger partial charge in [-0.05, 0) is 24.3 Å². The van der Waals surface area contributed by atoms with Gasteiger partial charge in [0, 0.05) is 30.6 Å². The maximum absolute atomic E-state index is 12.1. The molecule has 1 fully saturated rings. The molecule has 3 heterocycles. The largest absolute Gasteiger partial charge is 0.346 e. The van der Waals surface area contributed by atoms with Crippen LogP contribution in [-0.4, -0.2) is 38.8 Å². The van der Waals surface area contributed by atoms with E-state index in [2.05, 4.69) is 28.8 Å². The van der Waals surface area contributed by atoms with Crippen molar-refractivity contribution in [1.29, 1.82) is 5.26 Å². The van der Waals surface area contributed by atoms with E-state index in [0.717, 1.165) is 29.7 Å². The molecule has 1 amide bonds. The molecular weight excluding hydrogens is 290 g/mol. The van der Waals surface area contributed by atoms with E-state index in [1.54, 1.807) is 6.33 Å². The summed E-state index contributed by atoms with van der Waals surface area (Å²) in [7, 11) is 0. The third-order valence-corrected chi connectivity index (χ3v) is 5.06. The van der Waals surface area contributed by atoms with E-state index in [-0.39, 0.29) is 18.2 Å². The van der Waals surface area contributed by atoms with Gasteiger partial charge >= 0.3 is 0 Å². The van der Waals surface area contributed by atoms with Crippen molar-refractivity contribution in [2.45, 2.75) is 32.6 Å². The van der Waals surface area contributed by atoms with E-state index in [1.807, 2.05) is 23.2 Å². The molecule has 0 aromatic carbocycles. The van der Waals surface area contributed by atoms with Crippen LogP contribution in [0, 0.1) is 23.2 Å². The molecule has 1 N–H and O–H groups in total. The van der Waals surface area contributed by atoms with Gasteiger partial charge in [0.2, 0.25) is 5.91 Å². The Kier molecular flexibility index (Phi) is 4.28. The quantitative estimate of drug-likeness (QED) is 0.943. The smallest absolute Gasteiger partial charge is 0.236 e. The summed E-state index contributed by atoms with van der Waals surface area (Å²) >= 11 is 0. The zero-order valence-corrected chi connectivity index (χ0v) is 13.5. The van der Waals surface area contributed by atoms with E-state index in [4.69, 9.17) is 5.26 Å². The Bertz CT molecular complexity index is 747. The highest BCUT2D eigenvalue weighted by Gasteiger charge is 2.34. The number of H-pyrrole nitrogens is 1. The number of hydrogen-bond donors (Lipinski definition) is 1. The minimum atomic E-state index is -0.0638. The topological polar surface area (TPSA) is 85.7 Å². The lowest BCUT2D eigenvalue weighted by atomic mass is 9.77. The van der Waals surface area contributed by atoms with Crippen LogP contribution in [0.25, 0.3) is 11.0 Å². The summed E-state index contributed by atoms with van der Waals surface area (Å²) < 4.78 is 0. The predicted molar refractivity (Wildman–Crippen MR) is 86.4 cm³/mol. The first kappa shape index (κ1) is 15.5. The number of fused-ring (bicyclic) bond motifs is 1. The number of hydrogen-bond acceptors (Lipinski definition) is 4. The van der Waals surface area contributed by atoms with Crippen molar-refractivity contribution in [2.24, 2.45) is 11.8 Å². The van der Waals surface area contributed by atoms with Gasteiger partial charge in [0.25, 0.3) is 0 Å². The molecule has 6 nitrogen and oxygen atoms in total. The summed E-state index contributed by atoms with van der Waals surface area (Å²) in [6, 6.07) is 3.96. The Morgan fingerprint density at radius 1 is 1.57 bits per heavy atom. The van der Waals surface area contributed by atoms with Crippen molar-refractivity contribution in [2.75, 3.05) is 13.1 Å². The normalized spacial score (nSPS) is 22.7. The lowest BCUT2D eigenvalue weighted by molar-refractivity contribution is -0.132. The van der Waals surface area contributed by atoms with E-state index in [0.29, 0.717) is 18.4 Å². The molecule has 23 heavy (non-hydrogen) atoms. The maximum atomic E-state index is 12.1. The standard InChI is InChI=1S/C17H21N5O/c1-11-5-8-22(15(23)3-6-18)9-14(11)12(2)16-13-4-7-19-17(13)21-10-20-16/h4,7,10-12,14H,3,5,8-9H2,1-2H3,(H,19,20,21). The number of piperidine rings is 1. The van der Waals surface area contributed by atoms with Gasteiger partial charge < -0.3 is 9.88 Å². The Labute approximate surface area is 135 Å². The Morgan fingerprint density at radius 3 is 3.17 bits per heavy atom. The molecule has 1 aliphatic rings. The molecule has 6 heteroatoms. The average molecular weight is 311 g/mol. The summed E-state index contributed by atoms with van der Waals surface area (Å²) in [5.74, 6) is 1.01. The van der Waals surface area contributed by atoms with Gasteiger partial charge in [-0.15, -0.1) is 0 Å². The lowest BCUT2D eigenvalue weighted by Gasteiger charge is -2.39. The molecule has 1 saturated heterocycles. The summed E-state index contributed by atoms with van der Waals surface area (Å²) in [4.78, 5) is 25.8. The molecule has 0 aliphatic carbocycles. The van der Waals surface area contributed by atoms with Crippen molar-refractivity contribution in [1.82, 2.24) is 19.9 Å². The molecule has 0 saturated carbocycles. The molecule has 3 rings (SSSR count). The number of aromatic amines is 1. The zero-order valence-electron chi connectivity index (χ0n) is 13.5. The summed E-state index contributed by atoms with van der Waals surface area (Å²) in [5.41, 5.74) is 1.88. The van der Waals surface area contributed by atoms with Gasteiger partial charge in [0.15, 0.2) is 0 Å². The number of nitrogens with one attached hydrogen (secondary N) is 1. The van der Waals surface area contributed by atoms with Crippen LogP contribution in [0.4, 0.5) is 0 Å². The number of nitrogens with zero attached hydrogens (tertiary/aromatic N) is 4. The summed E-state index contributed by atoms with van der Waals surface area (Å²) in [6.45, 7) is 5.85. The average Bonchev–Trinajstić information content (AvgIpc) is 3.03. The van der Waals surface area contributed by atoms with Gasteiger partial charge in [-0.1, -0.05) is 13.8 Å². The molecule has 3 unspecified atom stereocenters. The minimum absolute atomic E-state index is 0.0367. The Hall–Kier alpha value is -2.42. The van der Waals surface area contributed by atoms with Crippen LogP contribution in [0.2, 0.25) is 0 Å². The summed E-state index contributed by atoms with van der Waals surface area (Å²) in [6.07, 6.45) is 4.40. The second-order valence-corrected chi connectivity index (χ2v) is 6.39. The molecule has 0 spiro atoms. The predicted octanol–water partition coefficient (Wildman–Crippen LogP) is 2.46. The fourth-order valence-corrected chi connectivity index (χ4v) is 3.61. The molecule has 120 valence electrons. The molecule has 0 bridgehead atoms. The number of nitriles is 1. The minimum Gasteiger partial charge on any atom is -0.346 e. The van der Waals surface area contributed by atoms with Crippen LogP contribution in [0.1, 0.15) is 38.3 Å². The number of amides is 1. The molecular formula is C17H21N5O. The zero-order chi connectivity index (χ0) is 16.4. The van der Waals surface area contributed by atoms with Crippen LogP contribution in [0.3, 0.4) is 0 Å². The number of carbonyl (C=O) groups is 1. The second kappa shape index (κ2) is 6.37. The van der Waals surface area contributed by atoms with E-state index in [9.17, 15) is 4.79 Å². The Balaban J connectivity index is 1.85. The van der Waals surface area contributed by atoms with Gasteiger partial charge in [-0.25, -0.2) is 9.97 Å².